The fraction of sp³-hybridized carbons (Fsp3) is 0.550. The summed E-state index contributed by atoms with van der Waals surface area (Å²) in [6.07, 6.45) is 16.1. The number of benzene rings is 1. The number of carboxylic acids is 1. The molecule has 1 aromatic carbocycles. The Labute approximate surface area is 135 Å². The molecule has 0 aliphatic carbocycles. The van der Waals surface area contributed by atoms with E-state index in [1.165, 1.54) is 69.4 Å². The Morgan fingerprint density at radius 1 is 0.909 bits per heavy atom. The summed E-state index contributed by atoms with van der Waals surface area (Å²) < 4.78 is 0. The van der Waals surface area contributed by atoms with E-state index in [9.17, 15) is 4.79 Å². The lowest BCUT2D eigenvalue weighted by Crippen LogP contribution is -1.88. The zero-order valence-corrected chi connectivity index (χ0v) is 13.9. The Morgan fingerprint density at radius 2 is 1.45 bits per heavy atom. The third-order valence-corrected chi connectivity index (χ3v) is 3.97. The van der Waals surface area contributed by atoms with Gasteiger partial charge in [0.15, 0.2) is 0 Å². The van der Waals surface area contributed by atoms with E-state index in [2.05, 4.69) is 19.1 Å². The average molecular weight is 302 g/mol. The second-order valence-corrected chi connectivity index (χ2v) is 5.99. The molecule has 0 amide bonds. The summed E-state index contributed by atoms with van der Waals surface area (Å²) in [5.74, 6) is -0.904. The van der Waals surface area contributed by atoms with Gasteiger partial charge < -0.3 is 5.11 Å². The Hall–Kier alpha value is -1.57. The van der Waals surface area contributed by atoms with Crippen LogP contribution in [0.15, 0.2) is 30.3 Å². The maximum Gasteiger partial charge on any atom is 0.328 e. The zero-order chi connectivity index (χ0) is 16.0. The second-order valence-electron chi connectivity index (χ2n) is 5.99. The third-order valence-electron chi connectivity index (χ3n) is 3.97. The van der Waals surface area contributed by atoms with Crippen LogP contribution in [-0.2, 0) is 11.2 Å². The van der Waals surface area contributed by atoms with Crippen LogP contribution in [0.3, 0.4) is 0 Å². The molecule has 1 N–H and O–H groups in total. The van der Waals surface area contributed by atoms with Crippen molar-refractivity contribution in [2.45, 2.75) is 71.1 Å². The first kappa shape index (κ1) is 18.5. The standard InChI is InChI=1S/C20H30O2/c1-2-3-4-5-6-7-8-9-10-11-18-12-14-19(15-13-18)16-17-20(21)22/h12-17H,2-11H2,1H3,(H,21,22). The van der Waals surface area contributed by atoms with Crippen LogP contribution in [0.2, 0.25) is 0 Å². The van der Waals surface area contributed by atoms with Crippen molar-refractivity contribution in [2.24, 2.45) is 0 Å². The molecular weight excluding hydrogens is 272 g/mol. The van der Waals surface area contributed by atoms with Crippen molar-refractivity contribution in [3.63, 3.8) is 0 Å². The van der Waals surface area contributed by atoms with Crippen molar-refractivity contribution < 1.29 is 9.90 Å². The SMILES string of the molecule is CCCCCCCCCCCc1ccc(C=CC(=O)O)cc1. The summed E-state index contributed by atoms with van der Waals surface area (Å²) in [4.78, 5) is 10.5. The predicted octanol–water partition coefficient (Wildman–Crippen LogP) is 5.86. The summed E-state index contributed by atoms with van der Waals surface area (Å²) >= 11 is 0. The topological polar surface area (TPSA) is 37.3 Å². The number of unbranched alkanes of at least 4 members (excludes halogenated alkanes) is 8. The van der Waals surface area contributed by atoms with Gasteiger partial charge >= 0.3 is 5.97 Å². The Balaban J connectivity index is 2.09. The minimum atomic E-state index is -0.904. The van der Waals surface area contributed by atoms with Crippen molar-refractivity contribution >= 4 is 12.0 Å². The zero-order valence-electron chi connectivity index (χ0n) is 13.9. The average Bonchev–Trinajstić information content (AvgIpc) is 2.52. The number of aryl methyl sites for hydroxylation is 1. The van der Waals surface area contributed by atoms with Crippen molar-refractivity contribution in [1.29, 1.82) is 0 Å². The molecule has 0 heterocycles. The van der Waals surface area contributed by atoms with E-state index in [1.54, 1.807) is 6.08 Å². The smallest absolute Gasteiger partial charge is 0.328 e. The molecule has 0 bridgehead atoms. The van der Waals surface area contributed by atoms with Gasteiger partial charge in [-0.15, -0.1) is 0 Å². The van der Waals surface area contributed by atoms with Crippen molar-refractivity contribution in [3.05, 3.63) is 41.5 Å². The molecule has 0 aromatic heterocycles. The Kier molecular flexibility index (Phi) is 10.1. The highest BCUT2D eigenvalue weighted by molar-refractivity contribution is 5.85. The lowest BCUT2D eigenvalue weighted by Gasteiger charge is -2.03. The minimum absolute atomic E-state index is 0.904. The lowest BCUT2D eigenvalue weighted by atomic mass is 10.0. The van der Waals surface area contributed by atoms with Crippen molar-refractivity contribution in [3.8, 4) is 0 Å². The molecule has 0 aliphatic rings. The molecule has 0 spiro atoms. The summed E-state index contributed by atoms with van der Waals surface area (Å²) in [5.41, 5.74) is 2.29. The van der Waals surface area contributed by atoms with E-state index >= 15 is 0 Å². The number of rotatable bonds is 12. The van der Waals surface area contributed by atoms with E-state index in [4.69, 9.17) is 5.11 Å². The molecule has 1 rings (SSSR count). The van der Waals surface area contributed by atoms with Crippen LogP contribution >= 0.6 is 0 Å². The van der Waals surface area contributed by atoms with Crippen LogP contribution in [0.25, 0.3) is 6.08 Å². The molecule has 0 aliphatic heterocycles. The number of hydrogen-bond acceptors (Lipinski definition) is 1. The maximum atomic E-state index is 10.5. The molecule has 0 radical (unpaired) electrons. The fourth-order valence-electron chi connectivity index (χ4n) is 2.60. The van der Waals surface area contributed by atoms with Gasteiger partial charge in [-0.05, 0) is 30.0 Å². The number of aliphatic carboxylic acids is 1. The highest BCUT2D eigenvalue weighted by Crippen LogP contribution is 2.13. The van der Waals surface area contributed by atoms with Crippen molar-refractivity contribution in [2.75, 3.05) is 0 Å². The largest absolute Gasteiger partial charge is 0.478 e. The molecule has 0 unspecified atom stereocenters. The van der Waals surface area contributed by atoms with Crippen LogP contribution in [0.1, 0.15) is 75.8 Å². The first-order valence-corrected chi connectivity index (χ1v) is 8.72. The van der Waals surface area contributed by atoms with E-state index in [-0.39, 0.29) is 0 Å². The molecule has 1 aromatic rings. The third kappa shape index (κ3) is 9.38. The highest BCUT2D eigenvalue weighted by Gasteiger charge is 1.96. The van der Waals surface area contributed by atoms with Gasteiger partial charge in [0, 0.05) is 6.08 Å². The normalized spacial score (nSPS) is 11.1. The summed E-state index contributed by atoms with van der Waals surface area (Å²) in [6, 6.07) is 8.18. The molecule has 22 heavy (non-hydrogen) atoms. The molecule has 0 fully saturated rings. The first-order chi connectivity index (χ1) is 10.7. The van der Waals surface area contributed by atoms with E-state index in [0.29, 0.717) is 0 Å². The summed E-state index contributed by atoms with van der Waals surface area (Å²) in [5, 5.41) is 8.59. The maximum absolute atomic E-state index is 10.5. The minimum Gasteiger partial charge on any atom is -0.478 e. The second kappa shape index (κ2) is 12.0. The van der Waals surface area contributed by atoms with Gasteiger partial charge in [-0.3, -0.25) is 0 Å². The fourth-order valence-corrected chi connectivity index (χ4v) is 2.60. The van der Waals surface area contributed by atoms with Crippen LogP contribution in [0.4, 0.5) is 0 Å². The van der Waals surface area contributed by atoms with Gasteiger partial charge in [0.05, 0.1) is 0 Å². The summed E-state index contributed by atoms with van der Waals surface area (Å²) in [7, 11) is 0. The molecule has 0 saturated carbocycles. The highest BCUT2D eigenvalue weighted by atomic mass is 16.4. The van der Waals surface area contributed by atoms with Gasteiger partial charge in [0.2, 0.25) is 0 Å². The van der Waals surface area contributed by atoms with Gasteiger partial charge in [0.1, 0.15) is 0 Å². The molecule has 2 nitrogen and oxygen atoms in total. The molecule has 0 saturated heterocycles. The van der Waals surface area contributed by atoms with Gasteiger partial charge in [-0.2, -0.15) is 0 Å². The van der Waals surface area contributed by atoms with E-state index < -0.39 is 5.97 Å². The number of hydrogen-bond donors (Lipinski definition) is 1. The van der Waals surface area contributed by atoms with Gasteiger partial charge in [0.25, 0.3) is 0 Å². The van der Waals surface area contributed by atoms with Crippen LogP contribution in [0.5, 0.6) is 0 Å². The van der Waals surface area contributed by atoms with Crippen LogP contribution in [0, 0.1) is 0 Å². The Bertz CT molecular complexity index is 432. The van der Waals surface area contributed by atoms with Crippen LogP contribution in [-0.4, -0.2) is 11.1 Å². The molecular formula is C20H30O2. The van der Waals surface area contributed by atoms with Crippen molar-refractivity contribution in [1.82, 2.24) is 0 Å². The summed E-state index contributed by atoms with van der Waals surface area (Å²) in [6.45, 7) is 2.26. The number of carboxylic acid groups (broad SMARTS) is 1. The number of carbonyl (C=O) groups is 1. The molecule has 2 heteroatoms. The first-order valence-electron chi connectivity index (χ1n) is 8.72. The predicted molar refractivity (Wildman–Crippen MR) is 94.0 cm³/mol. The monoisotopic (exact) mass is 302 g/mol. The van der Waals surface area contributed by atoms with E-state index in [1.807, 2.05) is 12.1 Å². The Morgan fingerprint density at radius 3 is 2.00 bits per heavy atom. The van der Waals surface area contributed by atoms with E-state index in [0.717, 1.165) is 12.0 Å². The quantitative estimate of drug-likeness (QED) is 0.388. The molecule has 122 valence electrons. The lowest BCUT2D eigenvalue weighted by molar-refractivity contribution is -0.131. The van der Waals surface area contributed by atoms with Crippen LogP contribution < -0.4 is 0 Å². The van der Waals surface area contributed by atoms with Gasteiger partial charge in [-0.25, -0.2) is 4.79 Å². The van der Waals surface area contributed by atoms with Gasteiger partial charge in [-0.1, -0.05) is 82.6 Å². The molecule has 0 atom stereocenters.